The summed E-state index contributed by atoms with van der Waals surface area (Å²) < 4.78 is 0. The molecule has 0 aromatic heterocycles. The van der Waals surface area contributed by atoms with E-state index in [0.29, 0.717) is 0 Å². The molecule has 0 amide bonds. The van der Waals surface area contributed by atoms with Crippen molar-refractivity contribution >= 4 is 0 Å². The van der Waals surface area contributed by atoms with Gasteiger partial charge in [-0.1, -0.05) is 41.5 Å². The normalized spacial score (nSPS) is 10.9. The molecule has 0 heterocycles. The number of allylic oxidation sites excluding steroid dienone is 4. The Labute approximate surface area is 132 Å². The van der Waals surface area contributed by atoms with Crippen LogP contribution in [0.3, 0.4) is 0 Å². The zero-order valence-electron chi connectivity index (χ0n) is 12.4. The van der Waals surface area contributed by atoms with Gasteiger partial charge in [-0.3, -0.25) is 6.08 Å². The summed E-state index contributed by atoms with van der Waals surface area (Å²) in [5, 5.41) is 28.6. The minimum atomic E-state index is -0.417. The van der Waals surface area contributed by atoms with Gasteiger partial charge in [0.25, 0.3) is 0 Å². The first-order chi connectivity index (χ1) is 7.70. The van der Waals surface area contributed by atoms with Crippen molar-refractivity contribution in [2.75, 3.05) is 0 Å². The molecule has 0 spiro atoms. The van der Waals surface area contributed by atoms with Crippen LogP contribution >= 0.6 is 0 Å². The van der Waals surface area contributed by atoms with Crippen molar-refractivity contribution in [2.24, 2.45) is 0 Å². The Kier molecular flexibility index (Phi) is 33.3. The Morgan fingerprint density at radius 3 is 1.17 bits per heavy atom. The van der Waals surface area contributed by atoms with Gasteiger partial charge in [0.2, 0.25) is 0 Å². The fourth-order valence-corrected chi connectivity index (χ4v) is 0.340. The number of hydrogen-bond acceptors (Lipinski definition) is 3. The summed E-state index contributed by atoms with van der Waals surface area (Å²) in [4.78, 5) is 0. The van der Waals surface area contributed by atoms with Gasteiger partial charge in [-0.15, -0.1) is 24.7 Å². The van der Waals surface area contributed by atoms with E-state index in [9.17, 15) is 15.3 Å². The minimum absolute atomic E-state index is 0. The van der Waals surface area contributed by atoms with E-state index in [1.807, 2.05) is 12.2 Å². The van der Waals surface area contributed by atoms with Gasteiger partial charge in [0.05, 0.1) is 0 Å². The Balaban J connectivity index is -0.0000000719. The van der Waals surface area contributed by atoms with Gasteiger partial charge in [0.1, 0.15) is 0 Å². The summed E-state index contributed by atoms with van der Waals surface area (Å²) in [6.45, 7) is 9.67. The van der Waals surface area contributed by atoms with Crippen LogP contribution in [0, 0.1) is 6.08 Å². The molecule has 0 aromatic rings. The van der Waals surface area contributed by atoms with Gasteiger partial charge in [-0.25, -0.2) is 12.2 Å². The van der Waals surface area contributed by atoms with Crippen LogP contribution in [0.4, 0.5) is 0 Å². The molecule has 0 aliphatic heterocycles. The number of rotatable bonds is 0. The third-order valence-electron chi connectivity index (χ3n) is 0.586. The second kappa shape index (κ2) is 22.4. The molecule has 0 bridgehead atoms. The molecule has 1 aliphatic carbocycles. The van der Waals surface area contributed by atoms with E-state index in [1.54, 1.807) is 41.5 Å². The first kappa shape index (κ1) is 26.7. The number of hydrogen-bond donors (Lipinski definition) is 0. The molecule has 0 atom stereocenters. The molecule has 4 heteroatoms. The van der Waals surface area contributed by atoms with Crippen LogP contribution in [0.1, 0.15) is 48.0 Å². The average Bonchev–Trinajstić information content (AvgIpc) is 2.53. The summed E-state index contributed by atoms with van der Waals surface area (Å²) in [7, 11) is 0. The predicted octanol–water partition coefficient (Wildman–Crippen LogP) is 0.568. The fraction of sp³-hybridized carbons (Fsp3) is 0.714. The van der Waals surface area contributed by atoms with E-state index in [0.717, 1.165) is 6.42 Å². The predicted molar refractivity (Wildman–Crippen MR) is 67.0 cm³/mol. The quantitative estimate of drug-likeness (QED) is 0.609. The molecule has 1 aliphatic rings. The molecule has 0 fully saturated rings. The van der Waals surface area contributed by atoms with Crippen LogP contribution in [0.15, 0.2) is 18.2 Å². The van der Waals surface area contributed by atoms with E-state index in [-0.39, 0.29) is 26.2 Å². The van der Waals surface area contributed by atoms with Crippen LogP contribution in [0.5, 0.6) is 0 Å². The average molecular weight is 334 g/mol. The summed E-state index contributed by atoms with van der Waals surface area (Å²) in [5.74, 6) is 0. The van der Waals surface area contributed by atoms with Gasteiger partial charge in [-0.05, 0) is 0 Å². The van der Waals surface area contributed by atoms with Crippen molar-refractivity contribution in [3.63, 3.8) is 0 Å². The van der Waals surface area contributed by atoms with Crippen molar-refractivity contribution < 1.29 is 41.5 Å². The molecule has 0 radical (unpaired) electrons. The molecule has 104 valence electrons. The van der Waals surface area contributed by atoms with Crippen LogP contribution in [0.2, 0.25) is 0 Å². The molecule has 1 rings (SSSR count). The van der Waals surface area contributed by atoms with E-state index in [1.165, 1.54) is 0 Å². The zero-order valence-corrected chi connectivity index (χ0v) is 14.9. The SMILES string of the molecule is CC(C)[O-].CC(C)[O-].CC(C)[O-].[C-]1=CC=CC1.[Zr+4]. The summed E-state index contributed by atoms with van der Waals surface area (Å²) >= 11 is 0. The van der Waals surface area contributed by atoms with E-state index < -0.39 is 18.3 Å². The topological polar surface area (TPSA) is 69.2 Å². The Morgan fingerprint density at radius 1 is 0.833 bits per heavy atom. The largest absolute Gasteiger partial charge is 4.00 e. The monoisotopic (exact) mass is 332 g/mol. The van der Waals surface area contributed by atoms with Crippen LogP contribution in [-0.4, -0.2) is 18.3 Å². The van der Waals surface area contributed by atoms with Gasteiger partial charge in [0.15, 0.2) is 0 Å². The molecule has 0 unspecified atom stereocenters. The molecule has 0 saturated heterocycles. The van der Waals surface area contributed by atoms with E-state index in [4.69, 9.17) is 0 Å². The van der Waals surface area contributed by atoms with Gasteiger partial charge in [0, 0.05) is 0 Å². The third-order valence-corrected chi connectivity index (χ3v) is 0.586. The second-order valence-corrected chi connectivity index (χ2v) is 4.15. The smallest absolute Gasteiger partial charge is 0.852 e. The maximum Gasteiger partial charge on any atom is 4.00 e. The van der Waals surface area contributed by atoms with Crippen molar-refractivity contribution in [2.45, 2.75) is 66.3 Å². The molecule has 18 heavy (non-hydrogen) atoms. The molecule has 0 N–H and O–H groups in total. The van der Waals surface area contributed by atoms with Crippen LogP contribution in [0.25, 0.3) is 0 Å². The maximum atomic E-state index is 9.53. The van der Waals surface area contributed by atoms with Crippen molar-refractivity contribution in [1.82, 2.24) is 0 Å². The molecular formula is C14H26O3Zr. The fourth-order valence-electron chi connectivity index (χ4n) is 0.340. The van der Waals surface area contributed by atoms with Crippen LogP contribution in [-0.2, 0) is 26.2 Å². The van der Waals surface area contributed by atoms with Gasteiger partial charge < -0.3 is 15.3 Å². The molecule has 3 nitrogen and oxygen atoms in total. The van der Waals surface area contributed by atoms with Crippen molar-refractivity contribution in [1.29, 1.82) is 0 Å². The Morgan fingerprint density at radius 2 is 1.11 bits per heavy atom. The standard InChI is InChI=1S/C5H5.3C3H7O.Zr/c1-2-4-5-3-1;3*1-3(2)4;/h1-3H,4H2;3*3H,1-2H3;/q4*-1;+4. The van der Waals surface area contributed by atoms with E-state index >= 15 is 0 Å². The third kappa shape index (κ3) is 137. The second-order valence-electron chi connectivity index (χ2n) is 4.15. The molecular weight excluding hydrogens is 307 g/mol. The zero-order chi connectivity index (χ0) is 14.3. The van der Waals surface area contributed by atoms with Crippen molar-refractivity contribution in [3.05, 3.63) is 24.3 Å². The van der Waals surface area contributed by atoms with Crippen molar-refractivity contribution in [3.8, 4) is 0 Å². The first-order valence-electron chi connectivity index (χ1n) is 5.89. The summed E-state index contributed by atoms with van der Waals surface area (Å²) in [6.07, 6.45) is 8.75. The molecule has 0 saturated carbocycles. The summed E-state index contributed by atoms with van der Waals surface area (Å²) in [5.41, 5.74) is 0. The minimum Gasteiger partial charge on any atom is -0.852 e. The Hall–Kier alpha value is 0.243. The summed E-state index contributed by atoms with van der Waals surface area (Å²) in [6, 6.07) is 0. The Bertz CT molecular complexity index is 143. The maximum absolute atomic E-state index is 9.53. The first-order valence-corrected chi connectivity index (χ1v) is 5.89. The van der Waals surface area contributed by atoms with E-state index in [2.05, 4.69) is 12.2 Å². The van der Waals surface area contributed by atoms with Crippen LogP contribution < -0.4 is 15.3 Å². The van der Waals surface area contributed by atoms with Gasteiger partial charge >= 0.3 is 26.2 Å². The van der Waals surface area contributed by atoms with Gasteiger partial charge in [-0.2, -0.15) is 6.08 Å². The molecule has 0 aromatic carbocycles.